The molecule has 2 atom stereocenters. The van der Waals surface area contributed by atoms with Crippen LogP contribution in [0, 0.1) is 0 Å². The number of hydrogen-bond acceptors (Lipinski definition) is 5. The van der Waals surface area contributed by atoms with Gasteiger partial charge in [0.05, 0.1) is 0 Å². The van der Waals surface area contributed by atoms with Crippen LogP contribution in [0.4, 0.5) is 0 Å². The third kappa shape index (κ3) is 7.46. The van der Waals surface area contributed by atoms with Crippen LogP contribution < -0.4 is 5.32 Å². The molecule has 0 bridgehead atoms. The number of nitrogens with one attached hydrogen (secondary N) is 1. The van der Waals surface area contributed by atoms with E-state index in [1.54, 1.807) is 21.1 Å². The molecule has 1 aliphatic heterocycles. The highest BCUT2D eigenvalue weighted by Gasteiger charge is 2.35. The zero-order valence-corrected chi connectivity index (χ0v) is 23.7. The number of rotatable bonds is 11. The summed E-state index contributed by atoms with van der Waals surface area (Å²) >= 11 is 0. The number of likely N-dealkylation sites (N-methyl/N-ethyl adjacent to an activating group) is 3. The number of carbonyl (C=O) groups excluding carboxylic acids is 3. The summed E-state index contributed by atoms with van der Waals surface area (Å²) in [5.74, 6) is -0.837. The molecule has 8 heteroatoms. The summed E-state index contributed by atoms with van der Waals surface area (Å²) in [6.07, 6.45) is 3.92. The molecule has 1 N–H and O–H groups in total. The van der Waals surface area contributed by atoms with Crippen LogP contribution in [0.1, 0.15) is 30.4 Å². The van der Waals surface area contributed by atoms with Crippen molar-refractivity contribution < 1.29 is 19.2 Å². The number of amides is 3. The smallest absolute Gasteiger partial charge is 0.251 e. The zero-order valence-electron chi connectivity index (χ0n) is 23.7. The van der Waals surface area contributed by atoms with Crippen molar-refractivity contribution in [2.45, 2.75) is 44.2 Å². The van der Waals surface area contributed by atoms with Crippen molar-refractivity contribution in [3.05, 3.63) is 83.9 Å². The number of hydrogen-bond donors (Lipinski definition) is 1. The molecule has 1 fully saturated rings. The lowest BCUT2D eigenvalue weighted by atomic mass is 9.98. The zero-order chi connectivity index (χ0) is 28.5. The Balaban J connectivity index is 1.58. The predicted octanol–water partition coefficient (Wildman–Crippen LogP) is 3.44. The van der Waals surface area contributed by atoms with E-state index in [1.807, 2.05) is 71.8 Å². The maximum absolute atomic E-state index is 14.1. The highest BCUT2D eigenvalue weighted by atomic mass is 16.7. The third-order valence-electron chi connectivity index (χ3n) is 7.71. The minimum absolute atomic E-state index is 0.134. The van der Waals surface area contributed by atoms with Crippen molar-refractivity contribution >= 4 is 28.5 Å². The van der Waals surface area contributed by atoms with E-state index in [9.17, 15) is 14.4 Å². The summed E-state index contributed by atoms with van der Waals surface area (Å²) in [6.45, 7) is 1.46. The fourth-order valence-electron chi connectivity index (χ4n) is 5.19. The maximum atomic E-state index is 14.1. The second-order valence-electron chi connectivity index (χ2n) is 10.4. The molecular weight excluding hydrogens is 504 g/mol. The minimum atomic E-state index is -0.813. The molecule has 0 aliphatic carbocycles. The molecule has 1 saturated heterocycles. The van der Waals surface area contributed by atoms with Crippen LogP contribution in [-0.4, -0.2) is 85.5 Å². The van der Waals surface area contributed by atoms with E-state index >= 15 is 0 Å². The predicted molar refractivity (Wildman–Crippen MR) is 156 cm³/mol. The Hall–Kier alpha value is -3.75. The Kier molecular flexibility index (Phi) is 10.3. The van der Waals surface area contributed by atoms with E-state index in [0.717, 1.165) is 54.3 Å². The molecule has 0 aromatic heterocycles. The number of hydroxylamine groups is 2. The van der Waals surface area contributed by atoms with Crippen molar-refractivity contribution in [2.75, 3.05) is 40.8 Å². The lowest BCUT2D eigenvalue weighted by Gasteiger charge is -2.35. The van der Waals surface area contributed by atoms with Gasteiger partial charge < -0.3 is 15.1 Å². The second kappa shape index (κ2) is 14.1. The lowest BCUT2D eigenvalue weighted by molar-refractivity contribution is -0.183. The van der Waals surface area contributed by atoms with E-state index in [1.165, 1.54) is 9.80 Å². The highest BCUT2D eigenvalue weighted by molar-refractivity contribution is 5.92. The summed E-state index contributed by atoms with van der Waals surface area (Å²) in [7, 11) is 4.85. The quantitative estimate of drug-likeness (QED) is 0.400. The van der Waals surface area contributed by atoms with E-state index in [-0.39, 0.29) is 24.3 Å². The average molecular weight is 545 g/mol. The molecule has 0 unspecified atom stereocenters. The standard InChI is InChI=1S/C32H40N4O4/c1-33-31(38)28(21-24-12-6-4-7-13-24)35(3)32(39)29(22-25-16-17-26-14-8-9-15-27(26)20-25)34(2)30(37)23-40-36-18-10-5-11-19-36/h4,6-9,12-17,20,28-29H,5,10-11,18-19,21-23H2,1-3H3,(H,33,38)/t28-,29-/m1/s1. The number of nitrogens with zero attached hydrogens (tertiary/aromatic N) is 3. The molecule has 0 saturated carbocycles. The van der Waals surface area contributed by atoms with E-state index in [4.69, 9.17) is 4.84 Å². The molecule has 8 nitrogen and oxygen atoms in total. The number of fused-ring (bicyclic) bond motifs is 1. The lowest BCUT2D eigenvalue weighted by Crippen LogP contribution is -2.56. The molecule has 1 aliphatic rings. The number of piperidine rings is 1. The van der Waals surface area contributed by atoms with Crippen molar-refractivity contribution in [1.82, 2.24) is 20.2 Å². The van der Waals surface area contributed by atoms with Gasteiger partial charge in [0.2, 0.25) is 11.8 Å². The molecule has 1 heterocycles. The van der Waals surface area contributed by atoms with E-state index in [2.05, 4.69) is 11.4 Å². The van der Waals surface area contributed by atoms with Crippen LogP contribution in [0.25, 0.3) is 10.8 Å². The Labute approximate surface area is 236 Å². The monoisotopic (exact) mass is 544 g/mol. The van der Waals surface area contributed by atoms with Crippen molar-refractivity contribution in [3.63, 3.8) is 0 Å². The summed E-state index contributed by atoms with van der Waals surface area (Å²) in [6, 6.07) is 22.2. The Morgan fingerprint density at radius 1 is 0.800 bits per heavy atom. The van der Waals surface area contributed by atoms with Gasteiger partial charge in [-0.05, 0) is 34.7 Å². The summed E-state index contributed by atoms with van der Waals surface area (Å²) in [5.41, 5.74) is 1.88. The van der Waals surface area contributed by atoms with Crippen molar-refractivity contribution in [3.8, 4) is 0 Å². The SMILES string of the molecule is CNC(=O)[C@@H](Cc1ccccc1)N(C)C(=O)[C@@H](Cc1ccc2ccccc2c1)N(C)C(=O)CON1CCCCC1. The number of benzene rings is 3. The van der Waals surface area contributed by atoms with Gasteiger partial charge in [0.1, 0.15) is 18.7 Å². The van der Waals surface area contributed by atoms with Gasteiger partial charge in [0.25, 0.3) is 5.91 Å². The van der Waals surface area contributed by atoms with Crippen LogP contribution in [-0.2, 0) is 32.1 Å². The van der Waals surface area contributed by atoms with E-state index in [0.29, 0.717) is 12.8 Å². The van der Waals surface area contributed by atoms with E-state index < -0.39 is 12.1 Å². The Morgan fingerprint density at radius 2 is 1.45 bits per heavy atom. The van der Waals surface area contributed by atoms with Crippen molar-refractivity contribution in [1.29, 1.82) is 0 Å². The molecule has 3 aromatic rings. The van der Waals surface area contributed by atoms with Gasteiger partial charge in [0, 0.05) is 47.1 Å². The Morgan fingerprint density at radius 3 is 2.15 bits per heavy atom. The first-order chi connectivity index (χ1) is 19.4. The molecule has 3 aromatic carbocycles. The fraction of sp³-hybridized carbons (Fsp3) is 0.406. The second-order valence-corrected chi connectivity index (χ2v) is 10.4. The summed E-state index contributed by atoms with van der Waals surface area (Å²) in [4.78, 5) is 49.2. The molecular formula is C32H40N4O4. The topological polar surface area (TPSA) is 82.2 Å². The summed E-state index contributed by atoms with van der Waals surface area (Å²) < 4.78 is 0. The van der Waals surface area contributed by atoms with Crippen LogP contribution in [0.2, 0.25) is 0 Å². The molecule has 40 heavy (non-hydrogen) atoms. The molecule has 212 valence electrons. The fourth-order valence-corrected chi connectivity index (χ4v) is 5.19. The Bertz CT molecular complexity index is 1290. The van der Waals surface area contributed by atoms with Crippen LogP contribution >= 0.6 is 0 Å². The van der Waals surface area contributed by atoms with Crippen LogP contribution in [0.3, 0.4) is 0 Å². The van der Waals surface area contributed by atoms with Gasteiger partial charge in [0.15, 0.2) is 0 Å². The highest BCUT2D eigenvalue weighted by Crippen LogP contribution is 2.20. The van der Waals surface area contributed by atoms with Gasteiger partial charge in [-0.25, -0.2) is 0 Å². The number of carbonyl (C=O) groups is 3. The minimum Gasteiger partial charge on any atom is -0.357 e. The van der Waals surface area contributed by atoms with Crippen LogP contribution in [0.5, 0.6) is 0 Å². The third-order valence-corrected chi connectivity index (χ3v) is 7.71. The van der Waals surface area contributed by atoms with Gasteiger partial charge in [-0.3, -0.25) is 19.2 Å². The van der Waals surface area contributed by atoms with Gasteiger partial charge in [-0.2, -0.15) is 5.06 Å². The van der Waals surface area contributed by atoms with Crippen LogP contribution in [0.15, 0.2) is 72.8 Å². The van der Waals surface area contributed by atoms with Crippen molar-refractivity contribution in [2.24, 2.45) is 0 Å². The first-order valence-corrected chi connectivity index (χ1v) is 14.0. The molecule has 3 amide bonds. The maximum Gasteiger partial charge on any atom is 0.251 e. The van der Waals surface area contributed by atoms with Gasteiger partial charge in [-0.1, -0.05) is 79.2 Å². The average Bonchev–Trinajstić information content (AvgIpc) is 3.00. The van der Waals surface area contributed by atoms with Gasteiger partial charge >= 0.3 is 0 Å². The summed E-state index contributed by atoms with van der Waals surface area (Å²) in [5, 5.41) is 6.70. The molecule has 0 radical (unpaired) electrons. The first-order valence-electron chi connectivity index (χ1n) is 14.0. The van der Waals surface area contributed by atoms with Gasteiger partial charge in [-0.15, -0.1) is 0 Å². The normalized spacial score (nSPS) is 15.3. The molecule has 4 rings (SSSR count). The molecule has 0 spiro atoms. The largest absolute Gasteiger partial charge is 0.357 e. The first kappa shape index (κ1) is 29.2.